The summed E-state index contributed by atoms with van der Waals surface area (Å²) in [4.78, 5) is 18.1. The number of aromatic nitrogens is 1. The van der Waals surface area contributed by atoms with Gasteiger partial charge in [-0.15, -0.1) is 0 Å². The first-order valence-electron chi connectivity index (χ1n) is 9.28. The number of rotatable bonds is 6. The van der Waals surface area contributed by atoms with Gasteiger partial charge >= 0.3 is 0 Å². The number of hydrogen-bond acceptors (Lipinski definition) is 4. The zero-order valence-corrected chi connectivity index (χ0v) is 16.2. The summed E-state index contributed by atoms with van der Waals surface area (Å²) in [6.07, 6.45) is 6.45. The van der Waals surface area contributed by atoms with Gasteiger partial charge in [0.15, 0.2) is 0 Å². The first kappa shape index (κ1) is 18.1. The van der Waals surface area contributed by atoms with Crippen molar-refractivity contribution in [3.8, 4) is 0 Å². The van der Waals surface area contributed by atoms with E-state index in [0.717, 1.165) is 24.8 Å². The lowest BCUT2D eigenvalue weighted by Gasteiger charge is -2.24. The molecule has 1 aromatic carbocycles. The number of hydrogen-bond donors (Lipinski definition) is 0. The molecule has 1 aromatic heterocycles. The Kier molecular flexibility index (Phi) is 4.74. The van der Waals surface area contributed by atoms with Crippen molar-refractivity contribution in [1.29, 1.82) is 0 Å². The number of aryl methyl sites for hydroxylation is 1. The number of carbonyl (C=O) groups is 1. The lowest BCUT2D eigenvalue weighted by molar-refractivity contribution is -0.117. The second-order valence-corrected chi connectivity index (χ2v) is 9.09. The van der Waals surface area contributed by atoms with Crippen LogP contribution in [0.5, 0.6) is 0 Å². The average Bonchev–Trinajstić information content (AvgIpc) is 3.41. The van der Waals surface area contributed by atoms with Crippen LogP contribution >= 0.6 is 0 Å². The van der Waals surface area contributed by atoms with E-state index in [1.165, 1.54) is 0 Å². The Bertz CT molecular complexity index is 956. The molecule has 1 saturated heterocycles. The van der Waals surface area contributed by atoms with E-state index in [9.17, 15) is 13.2 Å². The van der Waals surface area contributed by atoms with Gasteiger partial charge in [0.05, 0.1) is 4.90 Å². The van der Waals surface area contributed by atoms with Crippen LogP contribution in [0.1, 0.15) is 36.8 Å². The van der Waals surface area contributed by atoms with E-state index >= 15 is 0 Å². The maximum absolute atomic E-state index is 13.5. The van der Waals surface area contributed by atoms with Crippen molar-refractivity contribution in [2.24, 2.45) is 0 Å². The summed E-state index contributed by atoms with van der Waals surface area (Å²) in [5, 5.41) is 0. The van der Waals surface area contributed by atoms with Gasteiger partial charge in [-0.3, -0.25) is 9.78 Å². The van der Waals surface area contributed by atoms with E-state index in [1.807, 2.05) is 18.2 Å². The number of benzene rings is 1. The van der Waals surface area contributed by atoms with Crippen LogP contribution in [0.25, 0.3) is 0 Å². The topological polar surface area (TPSA) is 70.6 Å². The Morgan fingerprint density at radius 1 is 1.19 bits per heavy atom. The molecule has 0 atom stereocenters. The van der Waals surface area contributed by atoms with E-state index < -0.39 is 10.0 Å². The van der Waals surface area contributed by atoms with Crippen molar-refractivity contribution in [2.45, 2.75) is 50.1 Å². The van der Waals surface area contributed by atoms with Crippen molar-refractivity contribution >= 4 is 21.6 Å². The highest BCUT2D eigenvalue weighted by Crippen LogP contribution is 2.36. The summed E-state index contributed by atoms with van der Waals surface area (Å²) in [7, 11) is -3.66. The Morgan fingerprint density at radius 3 is 2.56 bits per heavy atom. The molecule has 4 rings (SSSR count). The second-order valence-electron chi connectivity index (χ2n) is 7.24. The summed E-state index contributed by atoms with van der Waals surface area (Å²) in [6, 6.07) is 9.02. The molecule has 1 amide bonds. The molecule has 2 heterocycles. The van der Waals surface area contributed by atoms with Crippen LogP contribution in [0, 0.1) is 6.92 Å². The molecule has 0 radical (unpaired) electrons. The summed E-state index contributed by atoms with van der Waals surface area (Å²) >= 11 is 0. The highest BCUT2D eigenvalue weighted by atomic mass is 32.2. The maximum Gasteiger partial charge on any atom is 0.243 e. The second kappa shape index (κ2) is 7.05. The van der Waals surface area contributed by atoms with E-state index in [1.54, 1.807) is 40.7 Å². The van der Waals surface area contributed by atoms with Gasteiger partial charge in [-0.1, -0.05) is 6.07 Å². The highest BCUT2D eigenvalue weighted by Gasteiger charge is 2.39. The van der Waals surface area contributed by atoms with E-state index in [4.69, 9.17) is 0 Å². The Hall–Kier alpha value is -2.25. The quantitative estimate of drug-likeness (QED) is 0.767. The largest absolute Gasteiger partial charge is 0.312 e. The third kappa shape index (κ3) is 3.61. The first-order chi connectivity index (χ1) is 13.0. The summed E-state index contributed by atoms with van der Waals surface area (Å²) in [5.74, 6) is 0.0537. The molecule has 1 aliphatic carbocycles. The van der Waals surface area contributed by atoms with E-state index in [0.29, 0.717) is 35.7 Å². The van der Waals surface area contributed by atoms with Crippen molar-refractivity contribution < 1.29 is 13.2 Å². The molecule has 1 aliphatic heterocycles. The number of pyridine rings is 1. The van der Waals surface area contributed by atoms with Crippen molar-refractivity contribution in [3.05, 3.63) is 53.9 Å². The lowest BCUT2D eigenvalue weighted by atomic mass is 10.2. The van der Waals surface area contributed by atoms with Crippen LogP contribution in [0.3, 0.4) is 0 Å². The highest BCUT2D eigenvalue weighted by molar-refractivity contribution is 7.89. The minimum atomic E-state index is -3.66. The van der Waals surface area contributed by atoms with Crippen molar-refractivity contribution in [2.75, 3.05) is 11.4 Å². The van der Waals surface area contributed by atoms with Gasteiger partial charge in [-0.25, -0.2) is 8.42 Å². The van der Waals surface area contributed by atoms with Gasteiger partial charge in [0.1, 0.15) is 0 Å². The molecule has 0 spiro atoms. The average molecular weight is 385 g/mol. The number of anilines is 1. The molecule has 6 nitrogen and oxygen atoms in total. The third-order valence-corrected chi connectivity index (χ3v) is 7.23. The molecule has 0 bridgehead atoms. The van der Waals surface area contributed by atoms with Crippen LogP contribution in [-0.2, 0) is 21.4 Å². The predicted molar refractivity (Wildman–Crippen MR) is 103 cm³/mol. The molecule has 7 heteroatoms. The molecule has 2 aromatic rings. The molecule has 2 aliphatic rings. The van der Waals surface area contributed by atoms with Gasteiger partial charge in [0.2, 0.25) is 15.9 Å². The van der Waals surface area contributed by atoms with Crippen LogP contribution in [-0.4, -0.2) is 36.2 Å². The third-order valence-electron chi connectivity index (χ3n) is 5.19. The monoisotopic (exact) mass is 385 g/mol. The summed E-state index contributed by atoms with van der Waals surface area (Å²) in [5.41, 5.74) is 2.29. The number of carbonyl (C=O) groups excluding carboxylic acids is 1. The van der Waals surface area contributed by atoms with Crippen LogP contribution in [0.4, 0.5) is 5.69 Å². The Morgan fingerprint density at radius 2 is 1.93 bits per heavy atom. The van der Waals surface area contributed by atoms with Gasteiger partial charge in [-0.2, -0.15) is 4.31 Å². The zero-order valence-electron chi connectivity index (χ0n) is 15.3. The molecular formula is C20H23N3O3S. The van der Waals surface area contributed by atoms with Gasteiger partial charge in [0, 0.05) is 43.6 Å². The van der Waals surface area contributed by atoms with Crippen molar-refractivity contribution in [3.63, 3.8) is 0 Å². The fourth-order valence-corrected chi connectivity index (χ4v) is 5.44. The SMILES string of the molecule is Cc1ccc(N2CCCC2=O)cc1S(=O)(=O)N(Cc1ccncc1)C1CC1. The normalized spacial score (nSPS) is 17.7. The fourth-order valence-electron chi connectivity index (χ4n) is 3.52. The van der Waals surface area contributed by atoms with Crippen LogP contribution in [0.2, 0.25) is 0 Å². The number of nitrogens with zero attached hydrogens (tertiary/aromatic N) is 3. The molecule has 142 valence electrons. The molecule has 0 unspecified atom stereocenters. The smallest absolute Gasteiger partial charge is 0.243 e. The maximum atomic E-state index is 13.5. The van der Waals surface area contributed by atoms with Gasteiger partial charge in [0.25, 0.3) is 0 Å². The standard InChI is InChI=1S/C20H23N3O3S/c1-15-4-5-18(22-12-2-3-20(22)24)13-19(15)27(25,26)23(17-6-7-17)14-16-8-10-21-11-9-16/h4-5,8-11,13,17H,2-3,6-7,12,14H2,1H3. The minimum absolute atomic E-state index is 0.0413. The fraction of sp³-hybridized carbons (Fsp3) is 0.400. The van der Waals surface area contributed by atoms with E-state index in [-0.39, 0.29) is 11.9 Å². The summed E-state index contributed by atoms with van der Waals surface area (Å²) in [6.45, 7) is 2.78. The molecule has 0 N–H and O–H groups in total. The zero-order chi connectivity index (χ0) is 19.0. The van der Waals surface area contributed by atoms with Crippen molar-refractivity contribution in [1.82, 2.24) is 9.29 Å². The number of amides is 1. The van der Waals surface area contributed by atoms with Gasteiger partial charge in [-0.05, 0) is 61.6 Å². The number of sulfonamides is 1. The predicted octanol–water partition coefficient (Wildman–Crippen LogP) is 2.87. The van der Waals surface area contributed by atoms with Crippen LogP contribution in [0.15, 0.2) is 47.6 Å². The minimum Gasteiger partial charge on any atom is -0.312 e. The molecule has 2 fully saturated rings. The first-order valence-corrected chi connectivity index (χ1v) is 10.7. The van der Waals surface area contributed by atoms with E-state index in [2.05, 4.69) is 4.98 Å². The lowest BCUT2D eigenvalue weighted by Crippen LogP contribution is -2.33. The van der Waals surface area contributed by atoms with Crippen LogP contribution < -0.4 is 4.90 Å². The molecule has 27 heavy (non-hydrogen) atoms. The van der Waals surface area contributed by atoms with Gasteiger partial charge < -0.3 is 4.90 Å². The Labute approximate surface area is 159 Å². The molecular weight excluding hydrogens is 362 g/mol. The summed E-state index contributed by atoms with van der Waals surface area (Å²) < 4.78 is 28.6. The Balaban J connectivity index is 1.70. The molecule has 1 saturated carbocycles.